The quantitative estimate of drug-likeness (QED) is 0.400. The summed E-state index contributed by atoms with van der Waals surface area (Å²) in [5, 5.41) is 9.39. The number of carboxylic acid groups (broad SMARTS) is 1. The number of rotatable bonds is 8. The van der Waals surface area contributed by atoms with Crippen LogP contribution in [0.15, 0.2) is 59.1 Å². The average Bonchev–Trinajstić information content (AvgIpc) is 3.16. The Balaban J connectivity index is 1.63. The molecule has 3 aromatic carbocycles. The van der Waals surface area contributed by atoms with Gasteiger partial charge >= 0.3 is 5.97 Å². The Kier molecular flexibility index (Phi) is 7.31. The van der Waals surface area contributed by atoms with Gasteiger partial charge in [-0.2, -0.15) is 0 Å². The van der Waals surface area contributed by atoms with Crippen LogP contribution in [0.1, 0.15) is 34.0 Å². The first-order chi connectivity index (χ1) is 17.1. The van der Waals surface area contributed by atoms with Crippen LogP contribution < -0.4 is 9.47 Å². The molecule has 1 atom stereocenters. The molecule has 0 radical (unpaired) electrons. The smallest absolute Gasteiger partial charge is 0.323 e. The Morgan fingerprint density at radius 2 is 1.86 bits per heavy atom. The molecular weight excluding hydrogens is 536 g/mol. The number of carbonyl (C=O) groups excluding carboxylic acids is 1. The van der Waals surface area contributed by atoms with E-state index in [2.05, 4.69) is 15.9 Å². The summed E-state index contributed by atoms with van der Waals surface area (Å²) in [7, 11) is 1.44. The Morgan fingerprint density at radius 3 is 2.53 bits per heavy atom. The molecule has 0 bridgehead atoms. The first-order valence-corrected chi connectivity index (χ1v) is 12.0. The lowest BCUT2D eigenvalue weighted by atomic mass is 9.91. The number of hydrogen-bond donors (Lipinski definition) is 1. The Hall–Kier alpha value is -3.46. The molecule has 4 rings (SSSR count). The van der Waals surface area contributed by atoms with Gasteiger partial charge in [0.1, 0.15) is 23.8 Å². The van der Waals surface area contributed by atoms with Gasteiger partial charge in [0.25, 0.3) is 5.91 Å². The Morgan fingerprint density at radius 1 is 1.11 bits per heavy atom. The molecule has 36 heavy (non-hydrogen) atoms. The first-order valence-electron chi connectivity index (χ1n) is 11.2. The molecule has 1 aliphatic heterocycles. The third kappa shape index (κ3) is 5.51. The molecular formula is C27H24BrF2NO5. The number of aliphatic carboxylic acids is 1. The SMILES string of the molecule is COc1cc(C(=O)N(CC(=O)O)Cc2ccc(Br)cc2F)cc2c1OC(C)(Cc1ccccc1F)C2. The third-order valence-corrected chi connectivity index (χ3v) is 6.52. The minimum atomic E-state index is -1.23. The standard InChI is InChI=1S/C27H24BrF2NO5/c1-27(12-16-5-3-4-6-21(16)29)13-19-9-18(10-23(35-2)25(19)36-27)26(34)31(15-24(32)33)14-17-7-8-20(28)11-22(17)30/h3-11H,12-15H2,1-2H3,(H,32,33). The number of halogens is 3. The van der Waals surface area contributed by atoms with Crippen molar-refractivity contribution >= 4 is 27.8 Å². The monoisotopic (exact) mass is 559 g/mol. The van der Waals surface area contributed by atoms with Gasteiger partial charge in [0.15, 0.2) is 11.5 Å². The number of ether oxygens (including phenoxy) is 2. The summed E-state index contributed by atoms with van der Waals surface area (Å²) >= 11 is 3.19. The molecule has 0 saturated heterocycles. The number of methoxy groups -OCH3 is 1. The van der Waals surface area contributed by atoms with Crippen molar-refractivity contribution in [3.8, 4) is 11.5 Å². The van der Waals surface area contributed by atoms with Gasteiger partial charge in [-0.3, -0.25) is 9.59 Å². The second kappa shape index (κ2) is 10.3. The molecule has 0 spiro atoms. The minimum Gasteiger partial charge on any atom is -0.493 e. The molecule has 188 valence electrons. The number of nitrogens with zero attached hydrogens (tertiary/aromatic N) is 1. The highest BCUT2D eigenvalue weighted by Crippen LogP contribution is 2.44. The second-order valence-electron chi connectivity index (χ2n) is 8.95. The summed E-state index contributed by atoms with van der Waals surface area (Å²) in [6.45, 7) is 1.01. The van der Waals surface area contributed by atoms with Crippen LogP contribution in [-0.4, -0.2) is 41.1 Å². The van der Waals surface area contributed by atoms with E-state index in [0.29, 0.717) is 39.9 Å². The van der Waals surface area contributed by atoms with Crippen molar-refractivity contribution in [3.05, 3.63) is 93.0 Å². The topological polar surface area (TPSA) is 76.1 Å². The zero-order valence-corrected chi connectivity index (χ0v) is 21.3. The highest BCUT2D eigenvalue weighted by Gasteiger charge is 2.38. The van der Waals surface area contributed by atoms with Gasteiger partial charge < -0.3 is 19.5 Å². The van der Waals surface area contributed by atoms with Crippen LogP contribution in [0.5, 0.6) is 11.5 Å². The lowest BCUT2D eigenvalue weighted by Gasteiger charge is -2.24. The fraction of sp³-hybridized carbons (Fsp3) is 0.259. The van der Waals surface area contributed by atoms with Crippen LogP contribution in [0, 0.1) is 11.6 Å². The van der Waals surface area contributed by atoms with E-state index in [-0.39, 0.29) is 23.5 Å². The van der Waals surface area contributed by atoms with Gasteiger partial charge in [0.05, 0.1) is 7.11 Å². The number of carboxylic acids is 1. The van der Waals surface area contributed by atoms with Crippen LogP contribution in [0.3, 0.4) is 0 Å². The van der Waals surface area contributed by atoms with Crippen molar-refractivity contribution < 1.29 is 33.0 Å². The maximum absolute atomic E-state index is 14.4. The zero-order valence-electron chi connectivity index (χ0n) is 19.7. The minimum absolute atomic E-state index is 0.182. The summed E-state index contributed by atoms with van der Waals surface area (Å²) < 4.78 is 40.9. The molecule has 0 saturated carbocycles. The predicted molar refractivity (Wildman–Crippen MR) is 132 cm³/mol. The first kappa shape index (κ1) is 25.6. The lowest BCUT2D eigenvalue weighted by Crippen LogP contribution is -2.35. The van der Waals surface area contributed by atoms with Gasteiger partial charge in [-0.05, 0) is 42.8 Å². The van der Waals surface area contributed by atoms with Crippen LogP contribution in [0.4, 0.5) is 8.78 Å². The average molecular weight is 560 g/mol. The van der Waals surface area contributed by atoms with Crippen LogP contribution >= 0.6 is 15.9 Å². The molecule has 3 aromatic rings. The largest absolute Gasteiger partial charge is 0.493 e. The van der Waals surface area contributed by atoms with Crippen molar-refractivity contribution in [1.29, 1.82) is 0 Å². The van der Waals surface area contributed by atoms with Crippen molar-refractivity contribution in [1.82, 2.24) is 4.90 Å². The number of carbonyl (C=O) groups is 2. The number of hydrogen-bond acceptors (Lipinski definition) is 4. The summed E-state index contributed by atoms with van der Waals surface area (Å²) in [5.74, 6) is -1.95. The molecule has 0 fully saturated rings. The Bertz CT molecular complexity index is 1330. The van der Waals surface area contributed by atoms with E-state index in [1.54, 1.807) is 30.3 Å². The van der Waals surface area contributed by atoms with E-state index < -0.39 is 29.8 Å². The number of benzene rings is 3. The fourth-order valence-electron chi connectivity index (χ4n) is 4.41. The summed E-state index contributed by atoms with van der Waals surface area (Å²) in [4.78, 5) is 26.0. The lowest BCUT2D eigenvalue weighted by molar-refractivity contribution is -0.137. The molecule has 1 heterocycles. The maximum atomic E-state index is 14.4. The van der Waals surface area contributed by atoms with Gasteiger partial charge in [-0.1, -0.05) is 40.2 Å². The molecule has 1 amide bonds. The third-order valence-electron chi connectivity index (χ3n) is 6.02. The van der Waals surface area contributed by atoms with Crippen molar-refractivity contribution in [3.63, 3.8) is 0 Å². The fourth-order valence-corrected chi connectivity index (χ4v) is 4.74. The number of amides is 1. The van der Waals surface area contributed by atoms with E-state index in [1.807, 2.05) is 6.92 Å². The van der Waals surface area contributed by atoms with E-state index in [0.717, 1.165) is 4.90 Å². The van der Waals surface area contributed by atoms with Crippen molar-refractivity contribution in [2.75, 3.05) is 13.7 Å². The maximum Gasteiger partial charge on any atom is 0.323 e. The molecule has 0 aromatic heterocycles. The number of fused-ring (bicyclic) bond motifs is 1. The zero-order chi connectivity index (χ0) is 26.0. The molecule has 1 aliphatic rings. The van der Waals surface area contributed by atoms with E-state index in [4.69, 9.17) is 9.47 Å². The van der Waals surface area contributed by atoms with E-state index in [9.17, 15) is 23.5 Å². The van der Waals surface area contributed by atoms with Gasteiger partial charge in [0.2, 0.25) is 0 Å². The van der Waals surface area contributed by atoms with Gasteiger partial charge in [0, 0.05) is 40.5 Å². The second-order valence-corrected chi connectivity index (χ2v) is 9.87. The highest BCUT2D eigenvalue weighted by molar-refractivity contribution is 9.10. The highest BCUT2D eigenvalue weighted by atomic mass is 79.9. The molecule has 0 aliphatic carbocycles. The van der Waals surface area contributed by atoms with Crippen molar-refractivity contribution in [2.24, 2.45) is 0 Å². The molecule has 9 heteroatoms. The molecule has 1 N–H and O–H groups in total. The Labute approximate surface area is 215 Å². The van der Waals surface area contributed by atoms with Crippen LogP contribution in [0.2, 0.25) is 0 Å². The van der Waals surface area contributed by atoms with Gasteiger partial charge in [-0.15, -0.1) is 0 Å². The van der Waals surface area contributed by atoms with E-state index in [1.165, 1.54) is 31.4 Å². The summed E-state index contributed by atoms with van der Waals surface area (Å²) in [6, 6.07) is 13.9. The summed E-state index contributed by atoms with van der Waals surface area (Å²) in [6.07, 6.45) is 0.684. The van der Waals surface area contributed by atoms with Crippen LogP contribution in [-0.2, 0) is 24.2 Å². The van der Waals surface area contributed by atoms with Crippen LogP contribution in [0.25, 0.3) is 0 Å². The van der Waals surface area contributed by atoms with E-state index >= 15 is 0 Å². The molecule has 1 unspecified atom stereocenters. The predicted octanol–water partition coefficient (Wildman–Crippen LogP) is 5.40. The molecule has 6 nitrogen and oxygen atoms in total. The van der Waals surface area contributed by atoms with Crippen molar-refractivity contribution in [2.45, 2.75) is 31.9 Å². The summed E-state index contributed by atoms with van der Waals surface area (Å²) in [5.41, 5.74) is 0.777. The van der Waals surface area contributed by atoms with Gasteiger partial charge in [-0.25, -0.2) is 8.78 Å². The normalized spacial score (nSPS) is 16.2.